The van der Waals surface area contributed by atoms with E-state index in [0.29, 0.717) is 25.1 Å². The second-order valence-corrected chi connectivity index (χ2v) is 9.69. The maximum absolute atomic E-state index is 13.4. The summed E-state index contributed by atoms with van der Waals surface area (Å²) in [5.74, 6) is -0.313. The molecule has 0 aromatic heterocycles. The van der Waals surface area contributed by atoms with Crippen LogP contribution in [0.3, 0.4) is 0 Å². The molecule has 1 amide bonds. The summed E-state index contributed by atoms with van der Waals surface area (Å²) in [6.07, 6.45) is 2.45. The smallest absolute Gasteiger partial charge is 0.243 e. The average Bonchev–Trinajstić information content (AvgIpc) is 3.25. The number of hydrogen-bond donors (Lipinski definition) is 1. The number of hydrogen-bond acceptors (Lipinski definition) is 4. The van der Waals surface area contributed by atoms with E-state index in [2.05, 4.69) is 5.32 Å². The molecule has 0 spiro atoms. The van der Waals surface area contributed by atoms with Crippen LogP contribution >= 0.6 is 0 Å². The van der Waals surface area contributed by atoms with E-state index >= 15 is 0 Å². The standard InChI is InChI=1S/C23H30N2O4S/c1-18-10-11-19(2)22(15-18)30(27,28)25(13-12-20-7-4-3-5-8-20)17-23(26)24-16-21-9-6-14-29-21/h3-5,7-8,10-11,15,21H,6,9,12-14,16-17H2,1-2H3,(H,24,26). The van der Waals surface area contributed by atoms with Crippen molar-refractivity contribution in [1.82, 2.24) is 9.62 Å². The minimum absolute atomic E-state index is 0.0161. The lowest BCUT2D eigenvalue weighted by atomic mass is 10.1. The number of rotatable bonds is 9. The quantitative estimate of drug-likeness (QED) is 0.664. The van der Waals surface area contributed by atoms with Crippen LogP contribution in [0.15, 0.2) is 53.4 Å². The third-order valence-electron chi connectivity index (χ3n) is 5.33. The molecule has 1 aliphatic heterocycles. The molecule has 1 aliphatic rings. The van der Waals surface area contributed by atoms with Crippen molar-refractivity contribution < 1.29 is 17.9 Å². The first-order valence-corrected chi connectivity index (χ1v) is 11.8. The lowest BCUT2D eigenvalue weighted by molar-refractivity contribution is -0.121. The first-order chi connectivity index (χ1) is 14.4. The zero-order valence-electron chi connectivity index (χ0n) is 17.6. The average molecular weight is 431 g/mol. The van der Waals surface area contributed by atoms with Crippen LogP contribution in [0, 0.1) is 13.8 Å². The van der Waals surface area contributed by atoms with Gasteiger partial charge in [-0.05, 0) is 55.9 Å². The first kappa shape index (κ1) is 22.5. The van der Waals surface area contributed by atoms with Crippen LogP contribution in [0.1, 0.15) is 29.5 Å². The van der Waals surface area contributed by atoms with Crippen molar-refractivity contribution in [1.29, 1.82) is 0 Å². The monoisotopic (exact) mass is 430 g/mol. The lowest BCUT2D eigenvalue weighted by Gasteiger charge is -2.23. The summed E-state index contributed by atoms with van der Waals surface area (Å²) in [6, 6.07) is 15.0. The Morgan fingerprint density at radius 3 is 2.63 bits per heavy atom. The number of carbonyl (C=O) groups excluding carboxylic acids is 1. The topological polar surface area (TPSA) is 75.7 Å². The van der Waals surface area contributed by atoms with E-state index in [4.69, 9.17) is 4.74 Å². The van der Waals surface area contributed by atoms with Crippen LogP contribution in [0.4, 0.5) is 0 Å². The molecule has 2 aromatic rings. The Labute approximate surface area is 179 Å². The summed E-state index contributed by atoms with van der Waals surface area (Å²) in [5.41, 5.74) is 2.56. The van der Waals surface area contributed by atoms with Crippen molar-refractivity contribution in [2.75, 3.05) is 26.2 Å². The SMILES string of the molecule is Cc1ccc(C)c(S(=O)(=O)N(CCc2ccccc2)CC(=O)NCC2CCCO2)c1. The van der Waals surface area contributed by atoms with Crippen molar-refractivity contribution in [3.05, 3.63) is 65.2 Å². The van der Waals surface area contributed by atoms with Crippen molar-refractivity contribution in [3.8, 4) is 0 Å². The molecule has 0 radical (unpaired) electrons. The Morgan fingerprint density at radius 2 is 1.93 bits per heavy atom. The minimum atomic E-state index is -3.82. The molecule has 1 fully saturated rings. The Kier molecular flexibility index (Phi) is 7.64. The predicted octanol–water partition coefficient (Wildman–Crippen LogP) is 2.83. The van der Waals surface area contributed by atoms with Crippen molar-refractivity contribution in [2.24, 2.45) is 0 Å². The van der Waals surface area contributed by atoms with Crippen LogP contribution in [-0.2, 0) is 26.0 Å². The highest BCUT2D eigenvalue weighted by Crippen LogP contribution is 2.22. The molecule has 0 bridgehead atoms. The van der Waals surface area contributed by atoms with Gasteiger partial charge in [0.2, 0.25) is 15.9 Å². The van der Waals surface area contributed by atoms with Gasteiger partial charge in [-0.1, -0.05) is 42.5 Å². The van der Waals surface area contributed by atoms with Crippen LogP contribution < -0.4 is 5.32 Å². The number of aryl methyl sites for hydroxylation is 2. The second kappa shape index (κ2) is 10.2. The third-order valence-corrected chi connectivity index (χ3v) is 7.31. The molecule has 7 heteroatoms. The number of amides is 1. The van der Waals surface area contributed by atoms with Crippen LogP contribution in [0.25, 0.3) is 0 Å². The molecular weight excluding hydrogens is 400 g/mol. The van der Waals surface area contributed by atoms with Crippen LogP contribution in [-0.4, -0.2) is 51.0 Å². The highest BCUT2D eigenvalue weighted by molar-refractivity contribution is 7.89. The van der Waals surface area contributed by atoms with Gasteiger partial charge in [-0.2, -0.15) is 4.31 Å². The summed E-state index contributed by atoms with van der Waals surface area (Å²) >= 11 is 0. The number of nitrogens with one attached hydrogen (secondary N) is 1. The summed E-state index contributed by atoms with van der Waals surface area (Å²) in [4.78, 5) is 12.8. The number of sulfonamides is 1. The van der Waals surface area contributed by atoms with Crippen molar-refractivity contribution >= 4 is 15.9 Å². The van der Waals surface area contributed by atoms with E-state index < -0.39 is 10.0 Å². The van der Waals surface area contributed by atoms with Gasteiger partial charge < -0.3 is 10.1 Å². The van der Waals surface area contributed by atoms with E-state index in [1.165, 1.54) is 4.31 Å². The van der Waals surface area contributed by atoms with E-state index in [9.17, 15) is 13.2 Å². The third kappa shape index (κ3) is 5.90. The molecular formula is C23H30N2O4S. The zero-order valence-corrected chi connectivity index (χ0v) is 18.5. The Bertz CT molecular complexity index is 954. The van der Waals surface area contributed by atoms with E-state index in [-0.39, 0.29) is 30.0 Å². The van der Waals surface area contributed by atoms with Crippen LogP contribution in [0.5, 0.6) is 0 Å². The van der Waals surface area contributed by atoms with Gasteiger partial charge in [0.25, 0.3) is 0 Å². The van der Waals surface area contributed by atoms with Gasteiger partial charge in [0.15, 0.2) is 0 Å². The highest BCUT2D eigenvalue weighted by atomic mass is 32.2. The summed E-state index contributed by atoms with van der Waals surface area (Å²) in [5, 5.41) is 2.83. The maximum atomic E-state index is 13.4. The zero-order chi connectivity index (χ0) is 21.6. The van der Waals surface area contributed by atoms with Gasteiger partial charge in [0.1, 0.15) is 0 Å². The molecule has 0 saturated carbocycles. The fraction of sp³-hybridized carbons (Fsp3) is 0.435. The van der Waals surface area contributed by atoms with E-state index in [1.54, 1.807) is 19.1 Å². The molecule has 1 unspecified atom stereocenters. The molecule has 0 aliphatic carbocycles. The Morgan fingerprint density at radius 1 is 1.17 bits per heavy atom. The number of benzene rings is 2. The molecule has 6 nitrogen and oxygen atoms in total. The summed E-state index contributed by atoms with van der Waals surface area (Å²) < 4.78 is 33.7. The van der Waals surface area contributed by atoms with Crippen LogP contribution in [0.2, 0.25) is 0 Å². The largest absolute Gasteiger partial charge is 0.376 e. The fourth-order valence-electron chi connectivity index (χ4n) is 3.56. The Hall–Kier alpha value is -2.22. The molecule has 162 valence electrons. The van der Waals surface area contributed by atoms with Crippen molar-refractivity contribution in [2.45, 2.75) is 44.1 Å². The fourth-order valence-corrected chi connectivity index (χ4v) is 5.26. The summed E-state index contributed by atoms with van der Waals surface area (Å²) in [6.45, 7) is 4.78. The van der Waals surface area contributed by atoms with E-state index in [1.807, 2.05) is 43.3 Å². The lowest BCUT2D eigenvalue weighted by Crippen LogP contribution is -2.43. The van der Waals surface area contributed by atoms with Gasteiger partial charge in [0.05, 0.1) is 17.5 Å². The molecule has 30 heavy (non-hydrogen) atoms. The first-order valence-electron chi connectivity index (χ1n) is 10.4. The molecule has 2 aromatic carbocycles. The van der Waals surface area contributed by atoms with Crippen molar-refractivity contribution in [3.63, 3.8) is 0 Å². The van der Waals surface area contributed by atoms with Gasteiger partial charge in [-0.15, -0.1) is 0 Å². The van der Waals surface area contributed by atoms with E-state index in [0.717, 1.165) is 24.0 Å². The molecule has 3 rings (SSSR count). The number of nitrogens with zero attached hydrogens (tertiary/aromatic N) is 1. The molecule has 1 heterocycles. The maximum Gasteiger partial charge on any atom is 0.243 e. The normalized spacial score (nSPS) is 16.7. The molecule has 1 saturated heterocycles. The van der Waals surface area contributed by atoms with Gasteiger partial charge >= 0.3 is 0 Å². The van der Waals surface area contributed by atoms with Gasteiger partial charge in [-0.3, -0.25) is 4.79 Å². The Balaban J connectivity index is 1.76. The van der Waals surface area contributed by atoms with Gasteiger partial charge in [0, 0.05) is 19.7 Å². The molecule has 1 N–H and O–H groups in total. The second-order valence-electron chi connectivity index (χ2n) is 7.78. The summed E-state index contributed by atoms with van der Waals surface area (Å²) in [7, 11) is -3.82. The predicted molar refractivity (Wildman–Crippen MR) is 117 cm³/mol. The molecule has 1 atom stereocenters. The minimum Gasteiger partial charge on any atom is -0.376 e. The highest BCUT2D eigenvalue weighted by Gasteiger charge is 2.28. The number of carbonyl (C=O) groups is 1. The number of ether oxygens (including phenoxy) is 1. The van der Waals surface area contributed by atoms with Gasteiger partial charge in [-0.25, -0.2) is 8.42 Å².